The predicted octanol–water partition coefficient (Wildman–Crippen LogP) is 6.03. The predicted molar refractivity (Wildman–Crippen MR) is 156 cm³/mol. The minimum atomic E-state index is -0.958. The molecule has 0 bridgehead atoms. The Labute approximate surface area is 240 Å². The van der Waals surface area contributed by atoms with Gasteiger partial charge in [0.05, 0.1) is 18.7 Å². The Kier molecular flexibility index (Phi) is 8.95. The molecule has 4 amide bonds. The number of carbonyl (C=O) groups excluding carboxylic acids is 3. The summed E-state index contributed by atoms with van der Waals surface area (Å²) in [4.78, 5) is 40.8. The van der Waals surface area contributed by atoms with Crippen molar-refractivity contribution in [2.24, 2.45) is 0 Å². The second-order valence-corrected chi connectivity index (χ2v) is 11.2. The summed E-state index contributed by atoms with van der Waals surface area (Å²) in [6.45, 7) is 6.96. The Balaban J connectivity index is 1.78. The molecular formula is C32H37FN4O4. The number of hydrogen-bond donors (Lipinski definition) is 2. The number of rotatable bonds is 6. The minimum absolute atomic E-state index is 0.156. The number of halogens is 1. The Hall–Kier alpha value is -4.40. The zero-order valence-electron chi connectivity index (χ0n) is 24.1. The zero-order valence-corrected chi connectivity index (χ0v) is 24.1. The molecular weight excluding hydrogens is 523 g/mol. The molecule has 0 spiro atoms. The van der Waals surface area contributed by atoms with Crippen molar-refractivity contribution in [2.45, 2.75) is 64.1 Å². The monoisotopic (exact) mass is 560 g/mol. The highest BCUT2D eigenvalue weighted by molar-refractivity contribution is 5.94. The molecule has 0 radical (unpaired) electrons. The topological polar surface area (TPSA) is 91.0 Å². The number of anilines is 1. The smallest absolute Gasteiger partial charge is 0.319 e. The van der Waals surface area contributed by atoms with Crippen LogP contribution in [0.25, 0.3) is 0 Å². The number of urea groups is 1. The van der Waals surface area contributed by atoms with E-state index in [1.807, 2.05) is 51.1 Å². The average Bonchev–Trinajstić information content (AvgIpc) is 3.06. The summed E-state index contributed by atoms with van der Waals surface area (Å²) in [5.41, 5.74) is 1.43. The first-order valence-electron chi connectivity index (χ1n) is 13.6. The molecule has 8 nitrogen and oxygen atoms in total. The highest BCUT2D eigenvalue weighted by atomic mass is 19.1. The second-order valence-electron chi connectivity index (χ2n) is 11.2. The van der Waals surface area contributed by atoms with Gasteiger partial charge in [0.25, 0.3) is 5.91 Å². The van der Waals surface area contributed by atoms with Gasteiger partial charge in [0.1, 0.15) is 17.6 Å². The van der Waals surface area contributed by atoms with Crippen molar-refractivity contribution in [1.29, 1.82) is 0 Å². The number of ether oxygens (including phenoxy) is 1. The lowest BCUT2D eigenvalue weighted by Gasteiger charge is -2.47. The van der Waals surface area contributed by atoms with E-state index in [1.165, 1.54) is 36.2 Å². The highest BCUT2D eigenvalue weighted by Crippen LogP contribution is 2.41. The molecule has 0 aromatic heterocycles. The fraction of sp³-hybridized carbons (Fsp3) is 0.344. The van der Waals surface area contributed by atoms with E-state index in [0.29, 0.717) is 29.8 Å². The Morgan fingerprint density at radius 2 is 1.63 bits per heavy atom. The summed E-state index contributed by atoms with van der Waals surface area (Å²) >= 11 is 0. The van der Waals surface area contributed by atoms with Crippen LogP contribution in [-0.4, -0.2) is 46.6 Å². The van der Waals surface area contributed by atoms with Crippen molar-refractivity contribution in [2.75, 3.05) is 12.4 Å². The fourth-order valence-corrected chi connectivity index (χ4v) is 5.46. The van der Waals surface area contributed by atoms with Gasteiger partial charge in [0, 0.05) is 18.7 Å². The van der Waals surface area contributed by atoms with Crippen molar-refractivity contribution >= 4 is 23.5 Å². The molecule has 216 valence electrons. The maximum atomic E-state index is 14.4. The van der Waals surface area contributed by atoms with Crippen LogP contribution in [0.2, 0.25) is 0 Å². The van der Waals surface area contributed by atoms with Gasteiger partial charge in [0.2, 0.25) is 5.91 Å². The van der Waals surface area contributed by atoms with Gasteiger partial charge in [-0.1, -0.05) is 48.5 Å². The molecule has 1 fully saturated rings. The number of benzene rings is 3. The summed E-state index contributed by atoms with van der Waals surface area (Å²) in [6.07, 6.45) is 0.759. The van der Waals surface area contributed by atoms with E-state index >= 15 is 0 Å². The largest absolute Gasteiger partial charge is 0.497 e. The maximum Gasteiger partial charge on any atom is 0.319 e. The molecule has 1 heterocycles. The van der Waals surface area contributed by atoms with Gasteiger partial charge in [-0.05, 0) is 74.9 Å². The van der Waals surface area contributed by atoms with Crippen molar-refractivity contribution in [1.82, 2.24) is 15.3 Å². The number of methoxy groups -OCH3 is 1. The van der Waals surface area contributed by atoms with Crippen LogP contribution in [0.3, 0.4) is 0 Å². The minimum Gasteiger partial charge on any atom is -0.497 e. The molecule has 41 heavy (non-hydrogen) atoms. The lowest BCUT2D eigenvalue weighted by molar-refractivity contribution is -0.181. The summed E-state index contributed by atoms with van der Waals surface area (Å²) in [5, 5.41) is 8.57. The first-order valence-corrected chi connectivity index (χ1v) is 13.6. The van der Waals surface area contributed by atoms with Crippen LogP contribution in [0.15, 0.2) is 78.9 Å². The Bertz CT molecular complexity index is 1370. The van der Waals surface area contributed by atoms with Crippen molar-refractivity contribution in [3.63, 3.8) is 0 Å². The first kappa shape index (κ1) is 29.6. The number of hydrogen-bond acceptors (Lipinski definition) is 4. The average molecular weight is 561 g/mol. The highest BCUT2D eigenvalue weighted by Gasteiger charge is 2.45. The number of amides is 4. The van der Waals surface area contributed by atoms with Crippen LogP contribution < -0.4 is 15.4 Å². The number of nitrogens with one attached hydrogen (secondary N) is 2. The quantitative estimate of drug-likeness (QED) is 0.385. The van der Waals surface area contributed by atoms with E-state index in [-0.39, 0.29) is 11.8 Å². The fourth-order valence-electron chi connectivity index (χ4n) is 5.46. The molecule has 9 heteroatoms. The van der Waals surface area contributed by atoms with Gasteiger partial charge in [0.15, 0.2) is 0 Å². The van der Waals surface area contributed by atoms with Crippen molar-refractivity contribution < 1.29 is 23.5 Å². The molecule has 1 aliphatic heterocycles. The van der Waals surface area contributed by atoms with Gasteiger partial charge >= 0.3 is 6.03 Å². The summed E-state index contributed by atoms with van der Waals surface area (Å²) in [5.74, 6) is -0.726. The zero-order chi connectivity index (χ0) is 29.7. The van der Waals surface area contributed by atoms with Crippen LogP contribution >= 0.6 is 0 Å². The second kappa shape index (κ2) is 12.4. The third-order valence-corrected chi connectivity index (χ3v) is 7.15. The number of carbonyl (C=O) groups is 3. The summed E-state index contributed by atoms with van der Waals surface area (Å²) in [7, 11) is 1.54. The number of hydrazine groups is 1. The van der Waals surface area contributed by atoms with E-state index in [9.17, 15) is 18.8 Å². The van der Waals surface area contributed by atoms with Crippen LogP contribution in [0, 0.1) is 5.82 Å². The molecule has 1 aliphatic rings. The van der Waals surface area contributed by atoms with Gasteiger partial charge in [-0.2, -0.15) is 0 Å². The third-order valence-electron chi connectivity index (χ3n) is 7.15. The summed E-state index contributed by atoms with van der Waals surface area (Å²) in [6, 6.07) is 20.6. The van der Waals surface area contributed by atoms with Crippen LogP contribution in [0.1, 0.15) is 63.6 Å². The molecule has 1 saturated heterocycles. The molecule has 3 unspecified atom stereocenters. The maximum absolute atomic E-state index is 14.4. The number of nitrogens with zero attached hydrogens (tertiary/aromatic N) is 2. The van der Waals surface area contributed by atoms with E-state index in [2.05, 4.69) is 10.6 Å². The SMILES string of the molecule is COc1cccc(NC(=O)NC2CC(c3ccccc3)CC(c3ccc(F)cc3)N(N(C(C)=O)C(C)(C)C)C2=O)c1. The Morgan fingerprint density at radius 1 is 0.951 bits per heavy atom. The van der Waals surface area contributed by atoms with Gasteiger partial charge in [-0.15, -0.1) is 0 Å². The van der Waals surface area contributed by atoms with E-state index in [0.717, 1.165) is 5.56 Å². The first-order chi connectivity index (χ1) is 19.5. The molecule has 3 aromatic carbocycles. The van der Waals surface area contributed by atoms with E-state index in [4.69, 9.17) is 4.74 Å². The van der Waals surface area contributed by atoms with E-state index in [1.54, 1.807) is 36.4 Å². The standard InChI is InChI=1S/C32H37FN4O4/c1-21(38)37(32(2,3)4)36-29(23-14-16-25(33)17-15-23)19-24(22-10-7-6-8-11-22)18-28(30(36)39)35-31(40)34-26-12-9-13-27(20-26)41-5/h6-17,20,24,28-29H,18-19H2,1-5H3,(H2,34,35,40). The molecule has 3 aromatic rings. The van der Waals surface area contributed by atoms with Gasteiger partial charge in [-0.3, -0.25) is 9.59 Å². The third kappa shape index (κ3) is 7.03. The molecule has 4 rings (SSSR count). The van der Waals surface area contributed by atoms with Crippen molar-refractivity contribution in [3.8, 4) is 5.75 Å². The van der Waals surface area contributed by atoms with Crippen LogP contribution in [0.5, 0.6) is 5.75 Å². The van der Waals surface area contributed by atoms with Crippen LogP contribution in [-0.2, 0) is 9.59 Å². The molecule has 0 aliphatic carbocycles. The lowest BCUT2D eigenvalue weighted by Crippen LogP contribution is -2.61. The van der Waals surface area contributed by atoms with Gasteiger partial charge in [-0.25, -0.2) is 19.2 Å². The molecule has 2 N–H and O–H groups in total. The summed E-state index contributed by atoms with van der Waals surface area (Å²) < 4.78 is 19.2. The molecule has 0 saturated carbocycles. The van der Waals surface area contributed by atoms with Gasteiger partial charge < -0.3 is 15.4 Å². The normalized spacial score (nSPS) is 19.2. The Morgan fingerprint density at radius 3 is 2.24 bits per heavy atom. The van der Waals surface area contributed by atoms with E-state index < -0.39 is 35.4 Å². The van der Waals surface area contributed by atoms with Crippen LogP contribution in [0.4, 0.5) is 14.9 Å². The van der Waals surface area contributed by atoms with Crippen molar-refractivity contribution in [3.05, 3.63) is 95.8 Å². The molecule has 3 atom stereocenters. The lowest BCUT2D eigenvalue weighted by atomic mass is 9.86.